The van der Waals surface area contributed by atoms with Crippen molar-refractivity contribution >= 4 is 22.6 Å². The largest absolute Gasteiger partial charge is 0.456 e. The molecule has 0 aliphatic heterocycles. The summed E-state index contributed by atoms with van der Waals surface area (Å²) in [6, 6.07) is 5.40. The average Bonchev–Trinajstić information content (AvgIpc) is 2.57. The Labute approximate surface area is 99.8 Å². The van der Waals surface area contributed by atoms with Crippen molar-refractivity contribution in [2.45, 2.75) is 26.4 Å². The Bertz CT molecular complexity index is 564. The number of aromatic nitrogens is 1. The monoisotopic (exact) mass is 232 g/mol. The van der Waals surface area contributed by atoms with Gasteiger partial charge >= 0.3 is 5.97 Å². The number of benzene rings is 1. The van der Waals surface area contributed by atoms with Gasteiger partial charge in [0.2, 0.25) is 0 Å². The number of hydrogen-bond donors (Lipinski definition) is 2. The Morgan fingerprint density at radius 2 is 2.06 bits per heavy atom. The van der Waals surface area contributed by atoms with Crippen LogP contribution in [0.3, 0.4) is 0 Å². The fraction of sp³-hybridized carbons (Fsp3) is 0.308. The third kappa shape index (κ3) is 2.41. The predicted molar refractivity (Wildman–Crippen MR) is 67.9 cm³/mol. The van der Waals surface area contributed by atoms with Crippen molar-refractivity contribution in [3.05, 3.63) is 30.0 Å². The molecule has 17 heavy (non-hydrogen) atoms. The standard InChI is InChI=1S/C13H16N2O2/c1-13(2,3)17-12(16)10-7-15-11-5-4-8(14)6-9(10)11/h4-7,15H,14H2,1-3H3. The van der Waals surface area contributed by atoms with Gasteiger partial charge in [-0.15, -0.1) is 0 Å². The molecule has 4 nitrogen and oxygen atoms in total. The second kappa shape index (κ2) is 3.80. The van der Waals surface area contributed by atoms with Crippen LogP contribution in [0.1, 0.15) is 31.1 Å². The number of rotatable bonds is 1. The van der Waals surface area contributed by atoms with E-state index in [4.69, 9.17) is 10.5 Å². The lowest BCUT2D eigenvalue weighted by atomic mass is 10.1. The minimum atomic E-state index is -0.499. The van der Waals surface area contributed by atoms with Gasteiger partial charge < -0.3 is 15.5 Å². The lowest BCUT2D eigenvalue weighted by Gasteiger charge is -2.19. The van der Waals surface area contributed by atoms with Crippen LogP contribution in [0.5, 0.6) is 0 Å². The number of esters is 1. The van der Waals surface area contributed by atoms with Crippen molar-refractivity contribution in [2.24, 2.45) is 0 Å². The number of H-pyrrole nitrogens is 1. The second-order valence-corrected chi connectivity index (χ2v) is 5.01. The summed E-state index contributed by atoms with van der Waals surface area (Å²) in [5.41, 5.74) is 7.23. The van der Waals surface area contributed by atoms with E-state index in [0.29, 0.717) is 11.3 Å². The second-order valence-electron chi connectivity index (χ2n) is 5.01. The van der Waals surface area contributed by atoms with Gasteiger partial charge in [0, 0.05) is 22.8 Å². The first-order valence-corrected chi connectivity index (χ1v) is 5.47. The van der Waals surface area contributed by atoms with E-state index in [1.165, 1.54) is 0 Å². The Kier molecular flexibility index (Phi) is 2.58. The van der Waals surface area contributed by atoms with E-state index in [2.05, 4.69) is 4.98 Å². The molecule has 0 aliphatic carbocycles. The molecule has 1 heterocycles. The highest BCUT2D eigenvalue weighted by molar-refractivity contribution is 6.04. The molecule has 1 aromatic heterocycles. The van der Waals surface area contributed by atoms with E-state index in [9.17, 15) is 4.79 Å². The molecule has 2 rings (SSSR count). The molecular weight excluding hydrogens is 216 g/mol. The van der Waals surface area contributed by atoms with Crippen LogP contribution in [-0.2, 0) is 4.74 Å². The van der Waals surface area contributed by atoms with Crippen molar-refractivity contribution < 1.29 is 9.53 Å². The molecule has 2 aromatic rings. The van der Waals surface area contributed by atoms with Crippen LogP contribution in [0, 0.1) is 0 Å². The Hall–Kier alpha value is -1.97. The van der Waals surface area contributed by atoms with Crippen LogP contribution in [-0.4, -0.2) is 16.6 Å². The summed E-state index contributed by atoms with van der Waals surface area (Å²) < 4.78 is 5.33. The Balaban J connectivity index is 2.42. The number of nitrogens with one attached hydrogen (secondary N) is 1. The summed E-state index contributed by atoms with van der Waals surface area (Å²) in [6.07, 6.45) is 1.65. The maximum Gasteiger partial charge on any atom is 0.340 e. The molecule has 1 aromatic carbocycles. The SMILES string of the molecule is CC(C)(C)OC(=O)c1c[nH]c2ccc(N)cc12. The topological polar surface area (TPSA) is 68.1 Å². The van der Waals surface area contributed by atoms with Crippen LogP contribution >= 0.6 is 0 Å². The van der Waals surface area contributed by atoms with E-state index >= 15 is 0 Å². The Morgan fingerprint density at radius 1 is 1.35 bits per heavy atom. The van der Waals surface area contributed by atoms with Crippen molar-refractivity contribution in [1.29, 1.82) is 0 Å². The van der Waals surface area contributed by atoms with Gasteiger partial charge in [0.1, 0.15) is 5.60 Å². The van der Waals surface area contributed by atoms with E-state index in [1.54, 1.807) is 18.3 Å². The maximum absolute atomic E-state index is 12.0. The Morgan fingerprint density at radius 3 is 2.71 bits per heavy atom. The van der Waals surface area contributed by atoms with Gasteiger partial charge in [-0.05, 0) is 39.0 Å². The first kappa shape index (κ1) is 11.5. The van der Waals surface area contributed by atoms with Gasteiger partial charge in [0.15, 0.2) is 0 Å². The molecule has 90 valence electrons. The molecule has 3 N–H and O–H groups in total. The summed E-state index contributed by atoms with van der Waals surface area (Å²) in [5, 5.41) is 0.791. The molecule has 0 spiro atoms. The summed E-state index contributed by atoms with van der Waals surface area (Å²) >= 11 is 0. The number of anilines is 1. The zero-order valence-electron chi connectivity index (χ0n) is 10.2. The van der Waals surface area contributed by atoms with Gasteiger partial charge in [-0.25, -0.2) is 4.79 Å². The number of carbonyl (C=O) groups is 1. The van der Waals surface area contributed by atoms with Crippen molar-refractivity contribution in [1.82, 2.24) is 4.98 Å². The summed E-state index contributed by atoms with van der Waals surface area (Å²) in [7, 11) is 0. The molecule has 0 bridgehead atoms. The van der Waals surface area contributed by atoms with Crippen LogP contribution in [0.2, 0.25) is 0 Å². The molecule has 4 heteroatoms. The van der Waals surface area contributed by atoms with E-state index < -0.39 is 5.60 Å². The van der Waals surface area contributed by atoms with Gasteiger partial charge in [-0.2, -0.15) is 0 Å². The van der Waals surface area contributed by atoms with Crippen LogP contribution in [0.15, 0.2) is 24.4 Å². The van der Waals surface area contributed by atoms with E-state index in [-0.39, 0.29) is 5.97 Å². The fourth-order valence-corrected chi connectivity index (χ4v) is 1.64. The van der Waals surface area contributed by atoms with Crippen molar-refractivity contribution in [2.75, 3.05) is 5.73 Å². The van der Waals surface area contributed by atoms with E-state index in [1.807, 2.05) is 26.8 Å². The molecule has 0 unspecified atom stereocenters. The molecule has 0 aliphatic rings. The normalized spacial score (nSPS) is 11.7. The number of aromatic amines is 1. The zero-order chi connectivity index (χ0) is 12.6. The minimum Gasteiger partial charge on any atom is -0.456 e. The predicted octanol–water partition coefficient (Wildman–Crippen LogP) is 2.71. The van der Waals surface area contributed by atoms with E-state index in [0.717, 1.165) is 10.9 Å². The highest BCUT2D eigenvalue weighted by atomic mass is 16.6. The van der Waals surface area contributed by atoms with Gasteiger partial charge in [-0.1, -0.05) is 0 Å². The molecule has 0 radical (unpaired) electrons. The number of nitrogens with two attached hydrogens (primary N) is 1. The van der Waals surface area contributed by atoms with Crippen molar-refractivity contribution in [3.8, 4) is 0 Å². The van der Waals surface area contributed by atoms with Crippen LogP contribution in [0.25, 0.3) is 10.9 Å². The first-order valence-electron chi connectivity index (χ1n) is 5.47. The number of ether oxygens (including phenoxy) is 1. The number of fused-ring (bicyclic) bond motifs is 1. The minimum absolute atomic E-state index is 0.339. The smallest absolute Gasteiger partial charge is 0.340 e. The summed E-state index contributed by atoms with van der Waals surface area (Å²) in [4.78, 5) is 15.0. The quantitative estimate of drug-likeness (QED) is 0.586. The number of nitrogen functional groups attached to an aromatic ring is 1. The van der Waals surface area contributed by atoms with Gasteiger partial charge in [0.05, 0.1) is 5.56 Å². The fourth-order valence-electron chi connectivity index (χ4n) is 1.64. The van der Waals surface area contributed by atoms with Crippen LogP contribution in [0.4, 0.5) is 5.69 Å². The summed E-state index contributed by atoms with van der Waals surface area (Å²) in [5.74, 6) is -0.339. The zero-order valence-corrected chi connectivity index (χ0v) is 10.2. The first-order chi connectivity index (χ1) is 7.87. The molecular formula is C13H16N2O2. The summed E-state index contributed by atoms with van der Waals surface area (Å²) in [6.45, 7) is 5.52. The van der Waals surface area contributed by atoms with Gasteiger partial charge in [0.25, 0.3) is 0 Å². The highest BCUT2D eigenvalue weighted by Crippen LogP contribution is 2.23. The van der Waals surface area contributed by atoms with Crippen molar-refractivity contribution in [3.63, 3.8) is 0 Å². The molecule has 0 fully saturated rings. The lowest BCUT2D eigenvalue weighted by Crippen LogP contribution is -2.23. The molecule has 0 atom stereocenters. The third-order valence-corrected chi connectivity index (χ3v) is 2.32. The molecule has 0 amide bonds. The van der Waals surface area contributed by atoms with Crippen LogP contribution < -0.4 is 5.73 Å². The third-order valence-electron chi connectivity index (χ3n) is 2.32. The molecule has 0 saturated heterocycles. The lowest BCUT2D eigenvalue weighted by molar-refractivity contribution is 0.00719. The number of hydrogen-bond acceptors (Lipinski definition) is 3. The average molecular weight is 232 g/mol. The van der Waals surface area contributed by atoms with Gasteiger partial charge in [-0.3, -0.25) is 0 Å². The number of carbonyl (C=O) groups excluding carboxylic acids is 1. The highest BCUT2D eigenvalue weighted by Gasteiger charge is 2.20. The molecule has 0 saturated carbocycles. The maximum atomic E-state index is 12.0.